The predicted octanol–water partition coefficient (Wildman–Crippen LogP) is 2.28. The van der Waals surface area contributed by atoms with E-state index in [4.69, 9.17) is 5.73 Å². The zero-order valence-electron chi connectivity index (χ0n) is 9.59. The summed E-state index contributed by atoms with van der Waals surface area (Å²) < 4.78 is 67.8. The molecule has 19 heavy (non-hydrogen) atoms. The van der Waals surface area contributed by atoms with Crippen molar-refractivity contribution in [3.63, 3.8) is 0 Å². The lowest BCUT2D eigenvalue weighted by molar-refractivity contribution is -0.138. The Morgan fingerprint density at radius 3 is 2.42 bits per heavy atom. The van der Waals surface area contributed by atoms with Crippen molar-refractivity contribution in [1.29, 1.82) is 0 Å². The maximum absolute atomic E-state index is 12.7. The fraction of sp³-hybridized carbons (Fsp3) is 0.400. The van der Waals surface area contributed by atoms with Crippen LogP contribution in [0.4, 0.5) is 22.0 Å². The van der Waals surface area contributed by atoms with E-state index in [9.17, 15) is 26.7 Å². The van der Waals surface area contributed by atoms with Crippen LogP contribution in [0.1, 0.15) is 33.7 Å². The van der Waals surface area contributed by atoms with Gasteiger partial charge in [-0.05, 0) is 6.07 Å². The van der Waals surface area contributed by atoms with Crippen LogP contribution in [0.15, 0.2) is 6.07 Å². The first kappa shape index (κ1) is 15.3. The van der Waals surface area contributed by atoms with Crippen LogP contribution < -0.4 is 5.73 Å². The Morgan fingerprint density at radius 2 is 2.05 bits per heavy atom. The van der Waals surface area contributed by atoms with Crippen molar-refractivity contribution in [2.24, 2.45) is 5.73 Å². The Morgan fingerprint density at radius 1 is 1.47 bits per heavy atom. The first-order valence-electron chi connectivity index (χ1n) is 4.89. The molecular formula is C10H9F5N2O2. The predicted molar refractivity (Wildman–Crippen MR) is 53.4 cm³/mol. The number of carbonyl (C=O) groups is 1. The smallest absolute Gasteiger partial charge is 0.416 e. The summed E-state index contributed by atoms with van der Waals surface area (Å²) in [5.41, 5.74) is 0.787. The van der Waals surface area contributed by atoms with Gasteiger partial charge in [0.15, 0.2) is 0 Å². The molecule has 0 saturated heterocycles. The van der Waals surface area contributed by atoms with Crippen LogP contribution in [0.2, 0.25) is 0 Å². The van der Waals surface area contributed by atoms with Gasteiger partial charge < -0.3 is 10.5 Å². The van der Waals surface area contributed by atoms with Gasteiger partial charge in [-0.15, -0.1) is 0 Å². The lowest BCUT2D eigenvalue weighted by Crippen LogP contribution is -2.19. The summed E-state index contributed by atoms with van der Waals surface area (Å²) in [7, 11) is 0.899. The fourth-order valence-corrected chi connectivity index (χ4v) is 1.45. The van der Waals surface area contributed by atoms with E-state index >= 15 is 0 Å². The Hall–Kier alpha value is -1.77. The Kier molecular flexibility index (Phi) is 4.40. The van der Waals surface area contributed by atoms with Gasteiger partial charge in [-0.3, -0.25) is 0 Å². The number of alkyl halides is 5. The van der Waals surface area contributed by atoms with Crippen LogP contribution >= 0.6 is 0 Å². The van der Waals surface area contributed by atoms with E-state index in [1.807, 2.05) is 0 Å². The number of ether oxygens (including phenoxy) is 1. The molecule has 0 aliphatic carbocycles. The highest BCUT2D eigenvalue weighted by Crippen LogP contribution is 2.35. The largest absolute Gasteiger partial charge is 0.464 e. The highest BCUT2D eigenvalue weighted by molar-refractivity contribution is 5.87. The molecule has 0 radical (unpaired) electrons. The number of hydrogen-bond donors (Lipinski definition) is 1. The molecule has 0 aliphatic heterocycles. The standard InChI is InChI=1S/C10H9F5N2O2/c1-19-9(18)6-2-5(10(13,14)15)4(3-16)7(17-6)8(11)12/h2,8H,3,16H2,1H3. The van der Waals surface area contributed by atoms with Crippen LogP contribution in [0.3, 0.4) is 0 Å². The molecule has 0 amide bonds. The van der Waals surface area contributed by atoms with Gasteiger partial charge in [-0.1, -0.05) is 0 Å². The molecule has 0 bridgehead atoms. The maximum Gasteiger partial charge on any atom is 0.416 e. The van der Waals surface area contributed by atoms with Gasteiger partial charge in [0.25, 0.3) is 6.43 Å². The van der Waals surface area contributed by atoms with E-state index < -0.39 is 47.6 Å². The van der Waals surface area contributed by atoms with Crippen molar-refractivity contribution < 1.29 is 31.5 Å². The Labute approximate surface area is 104 Å². The van der Waals surface area contributed by atoms with Gasteiger partial charge in [0.2, 0.25) is 0 Å². The van der Waals surface area contributed by atoms with Crippen molar-refractivity contribution >= 4 is 5.97 Å². The third-order valence-corrected chi connectivity index (χ3v) is 2.27. The summed E-state index contributed by atoms with van der Waals surface area (Å²) in [6.07, 6.45) is -8.21. The van der Waals surface area contributed by atoms with Gasteiger partial charge in [0.1, 0.15) is 11.4 Å². The first-order chi connectivity index (χ1) is 8.72. The number of nitrogens with two attached hydrogens (primary N) is 1. The number of rotatable bonds is 3. The number of methoxy groups -OCH3 is 1. The average molecular weight is 284 g/mol. The van der Waals surface area contributed by atoms with Crippen LogP contribution in [-0.2, 0) is 17.5 Å². The second-order valence-electron chi connectivity index (χ2n) is 3.41. The molecule has 9 heteroatoms. The van der Waals surface area contributed by atoms with E-state index in [0.29, 0.717) is 6.07 Å². The Bertz CT molecular complexity index is 488. The number of aromatic nitrogens is 1. The van der Waals surface area contributed by atoms with E-state index in [1.54, 1.807) is 0 Å². The number of halogens is 5. The van der Waals surface area contributed by atoms with Crippen LogP contribution in [0.5, 0.6) is 0 Å². The molecule has 1 aromatic rings. The van der Waals surface area contributed by atoms with E-state index in [1.165, 1.54) is 0 Å². The van der Waals surface area contributed by atoms with E-state index in [2.05, 4.69) is 9.72 Å². The molecule has 0 saturated carbocycles. The van der Waals surface area contributed by atoms with Crippen molar-refractivity contribution in [1.82, 2.24) is 4.98 Å². The summed E-state index contributed by atoms with van der Waals surface area (Å²) in [4.78, 5) is 14.3. The molecule has 0 spiro atoms. The molecule has 106 valence electrons. The topological polar surface area (TPSA) is 65.2 Å². The summed E-state index contributed by atoms with van der Waals surface area (Å²) in [5.74, 6) is -1.24. The summed E-state index contributed by atoms with van der Waals surface area (Å²) in [5, 5.41) is 0. The zero-order chi connectivity index (χ0) is 14.8. The monoisotopic (exact) mass is 284 g/mol. The third kappa shape index (κ3) is 3.16. The third-order valence-electron chi connectivity index (χ3n) is 2.27. The van der Waals surface area contributed by atoms with Gasteiger partial charge >= 0.3 is 12.1 Å². The molecule has 0 unspecified atom stereocenters. The normalized spacial score (nSPS) is 11.8. The molecule has 1 heterocycles. The molecule has 2 N–H and O–H groups in total. The van der Waals surface area contributed by atoms with Crippen molar-refractivity contribution in [3.05, 3.63) is 28.6 Å². The number of hydrogen-bond acceptors (Lipinski definition) is 4. The molecule has 1 rings (SSSR count). The SMILES string of the molecule is COC(=O)c1cc(C(F)(F)F)c(CN)c(C(F)F)n1. The first-order valence-corrected chi connectivity index (χ1v) is 4.89. The van der Waals surface area contributed by atoms with Gasteiger partial charge in [0, 0.05) is 12.1 Å². The van der Waals surface area contributed by atoms with Gasteiger partial charge in [-0.25, -0.2) is 18.6 Å². The van der Waals surface area contributed by atoms with E-state index in [-0.39, 0.29) is 0 Å². The van der Waals surface area contributed by atoms with Gasteiger partial charge in [-0.2, -0.15) is 13.2 Å². The molecule has 4 nitrogen and oxygen atoms in total. The Balaban J connectivity index is 3.59. The molecule has 1 aromatic heterocycles. The summed E-state index contributed by atoms with van der Waals surface area (Å²) in [6, 6.07) is 0.347. The summed E-state index contributed by atoms with van der Waals surface area (Å²) >= 11 is 0. The average Bonchev–Trinajstić information content (AvgIpc) is 2.34. The molecule has 0 atom stereocenters. The van der Waals surface area contributed by atoms with Crippen molar-refractivity contribution in [2.75, 3.05) is 7.11 Å². The minimum atomic E-state index is -4.93. The lowest BCUT2D eigenvalue weighted by Gasteiger charge is -2.16. The lowest BCUT2D eigenvalue weighted by atomic mass is 10.0. The van der Waals surface area contributed by atoms with Crippen LogP contribution in [-0.4, -0.2) is 18.1 Å². The minimum absolute atomic E-state index is 0.347. The quantitative estimate of drug-likeness (QED) is 0.683. The van der Waals surface area contributed by atoms with Crippen LogP contribution in [0, 0.1) is 0 Å². The van der Waals surface area contributed by atoms with Gasteiger partial charge in [0.05, 0.1) is 12.7 Å². The number of esters is 1. The summed E-state index contributed by atoms with van der Waals surface area (Å²) in [6.45, 7) is -0.775. The van der Waals surface area contributed by atoms with Crippen molar-refractivity contribution in [2.45, 2.75) is 19.1 Å². The van der Waals surface area contributed by atoms with E-state index in [0.717, 1.165) is 7.11 Å². The maximum atomic E-state index is 12.7. The molecule has 0 aliphatic rings. The fourth-order valence-electron chi connectivity index (χ4n) is 1.45. The highest BCUT2D eigenvalue weighted by Gasteiger charge is 2.37. The molecule has 0 aromatic carbocycles. The van der Waals surface area contributed by atoms with Crippen LogP contribution in [0.25, 0.3) is 0 Å². The molecule has 0 fully saturated rings. The second kappa shape index (κ2) is 5.47. The highest BCUT2D eigenvalue weighted by atomic mass is 19.4. The zero-order valence-corrected chi connectivity index (χ0v) is 9.59. The minimum Gasteiger partial charge on any atom is -0.464 e. The number of nitrogens with zero attached hydrogens (tertiary/aromatic N) is 1. The molecular weight excluding hydrogens is 275 g/mol. The second-order valence-corrected chi connectivity index (χ2v) is 3.41. The van der Waals surface area contributed by atoms with Crippen molar-refractivity contribution in [3.8, 4) is 0 Å². The number of carbonyl (C=O) groups excluding carboxylic acids is 1. The number of pyridine rings is 1.